The Morgan fingerprint density at radius 2 is 1.86 bits per heavy atom. The van der Waals surface area contributed by atoms with Gasteiger partial charge in [0, 0.05) is 22.6 Å². The maximum Gasteiger partial charge on any atom is 0.139 e. The molecule has 5 heteroatoms. The number of hydrogen-bond acceptors (Lipinski definition) is 3. The van der Waals surface area contributed by atoms with E-state index in [9.17, 15) is 8.78 Å². The molecule has 2 atom stereocenters. The second-order valence-electron chi connectivity index (χ2n) is 4.71. The molecule has 2 aromatic rings. The zero-order valence-corrected chi connectivity index (χ0v) is 12.7. The minimum absolute atomic E-state index is 0.193. The van der Waals surface area contributed by atoms with Crippen LogP contribution < -0.4 is 10.5 Å². The maximum atomic E-state index is 13.8. The van der Waals surface area contributed by atoms with E-state index >= 15 is 0 Å². The van der Waals surface area contributed by atoms with Crippen molar-refractivity contribution in [2.75, 3.05) is 7.11 Å². The summed E-state index contributed by atoms with van der Waals surface area (Å²) in [5.74, 6) is -0.471. The van der Waals surface area contributed by atoms with Crippen LogP contribution in [0.2, 0.25) is 0 Å². The van der Waals surface area contributed by atoms with Crippen LogP contribution in [0.5, 0.6) is 5.75 Å². The highest BCUT2D eigenvalue weighted by atomic mass is 32.2. The summed E-state index contributed by atoms with van der Waals surface area (Å²) >= 11 is 1.27. The molecular formula is C16H17F2NOS. The topological polar surface area (TPSA) is 35.2 Å². The van der Waals surface area contributed by atoms with Crippen LogP contribution in [-0.2, 0) is 0 Å². The van der Waals surface area contributed by atoms with Gasteiger partial charge in [0.1, 0.15) is 17.4 Å². The van der Waals surface area contributed by atoms with E-state index in [0.717, 1.165) is 11.6 Å². The SMILES string of the molecule is COc1ccccc1C(Sc1ccc(F)cc1F)C(C)N. The number of nitrogens with two attached hydrogens (primary N) is 1. The Hall–Kier alpha value is -1.59. The van der Waals surface area contributed by atoms with Gasteiger partial charge in [-0.15, -0.1) is 11.8 Å². The molecule has 0 amide bonds. The van der Waals surface area contributed by atoms with Crippen molar-refractivity contribution in [3.8, 4) is 5.75 Å². The zero-order valence-electron chi connectivity index (χ0n) is 11.8. The van der Waals surface area contributed by atoms with Gasteiger partial charge < -0.3 is 10.5 Å². The second kappa shape index (κ2) is 6.91. The van der Waals surface area contributed by atoms with E-state index in [1.165, 1.54) is 23.9 Å². The Labute approximate surface area is 127 Å². The first-order valence-electron chi connectivity index (χ1n) is 6.53. The number of benzene rings is 2. The third kappa shape index (κ3) is 3.74. The van der Waals surface area contributed by atoms with Gasteiger partial charge in [0.05, 0.1) is 12.4 Å². The Balaban J connectivity index is 2.36. The lowest BCUT2D eigenvalue weighted by Crippen LogP contribution is -2.23. The third-order valence-electron chi connectivity index (χ3n) is 3.07. The van der Waals surface area contributed by atoms with E-state index in [2.05, 4.69) is 0 Å². The van der Waals surface area contributed by atoms with Gasteiger partial charge in [-0.05, 0) is 25.1 Å². The molecule has 0 aliphatic carbocycles. The van der Waals surface area contributed by atoms with Crippen LogP contribution in [0.15, 0.2) is 47.4 Å². The van der Waals surface area contributed by atoms with Crippen LogP contribution in [0.4, 0.5) is 8.78 Å². The number of rotatable bonds is 5. The third-order valence-corrected chi connectivity index (χ3v) is 4.59. The summed E-state index contributed by atoms with van der Waals surface area (Å²) in [7, 11) is 1.58. The van der Waals surface area contributed by atoms with Gasteiger partial charge in [0.15, 0.2) is 0 Å². The molecule has 0 bridgehead atoms. The van der Waals surface area contributed by atoms with Gasteiger partial charge in [-0.1, -0.05) is 18.2 Å². The van der Waals surface area contributed by atoms with Crippen molar-refractivity contribution in [2.45, 2.75) is 23.1 Å². The number of halogens is 2. The average Bonchev–Trinajstić information content (AvgIpc) is 2.46. The van der Waals surface area contributed by atoms with Crippen molar-refractivity contribution < 1.29 is 13.5 Å². The number of hydrogen-bond donors (Lipinski definition) is 1. The Morgan fingerprint density at radius 1 is 1.14 bits per heavy atom. The minimum atomic E-state index is -0.591. The lowest BCUT2D eigenvalue weighted by atomic mass is 10.1. The van der Waals surface area contributed by atoms with Crippen molar-refractivity contribution >= 4 is 11.8 Å². The van der Waals surface area contributed by atoms with E-state index in [1.807, 2.05) is 31.2 Å². The standard InChI is InChI=1S/C16H17F2NOS/c1-10(19)16(12-5-3-4-6-14(12)20-2)21-15-8-7-11(17)9-13(15)18/h3-10,16H,19H2,1-2H3. The van der Waals surface area contributed by atoms with Crippen molar-refractivity contribution in [1.29, 1.82) is 0 Å². The van der Waals surface area contributed by atoms with E-state index in [4.69, 9.17) is 10.5 Å². The molecule has 0 fully saturated rings. The van der Waals surface area contributed by atoms with Crippen LogP contribution in [0, 0.1) is 11.6 Å². The van der Waals surface area contributed by atoms with Crippen molar-refractivity contribution in [2.24, 2.45) is 5.73 Å². The number of para-hydroxylation sites is 1. The lowest BCUT2D eigenvalue weighted by molar-refractivity contribution is 0.408. The second-order valence-corrected chi connectivity index (χ2v) is 5.90. The van der Waals surface area contributed by atoms with E-state index in [0.29, 0.717) is 10.6 Å². The predicted molar refractivity (Wildman–Crippen MR) is 81.6 cm³/mol. The first-order chi connectivity index (χ1) is 10.0. The van der Waals surface area contributed by atoms with Gasteiger partial charge in [-0.25, -0.2) is 8.78 Å². The Morgan fingerprint density at radius 3 is 2.48 bits per heavy atom. The molecule has 0 spiro atoms. The van der Waals surface area contributed by atoms with E-state index < -0.39 is 11.6 Å². The van der Waals surface area contributed by atoms with E-state index in [-0.39, 0.29) is 11.3 Å². The highest BCUT2D eigenvalue weighted by Crippen LogP contribution is 2.41. The normalized spacial score (nSPS) is 13.8. The molecule has 2 aromatic carbocycles. The molecule has 2 rings (SSSR count). The van der Waals surface area contributed by atoms with Gasteiger partial charge in [0.25, 0.3) is 0 Å². The van der Waals surface area contributed by atoms with Gasteiger partial charge >= 0.3 is 0 Å². The van der Waals surface area contributed by atoms with Crippen LogP contribution in [-0.4, -0.2) is 13.2 Å². The molecule has 0 heterocycles. The summed E-state index contributed by atoms with van der Waals surface area (Å²) < 4.78 is 32.2. The average molecular weight is 309 g/mol. The highest BCUT2D eigenvalue weighted by molar-refractivity contribution is 7.99. The van der Waals surface area contributed by atoms with Crippen LogP contribution >= 0.6 is 11.8 Å². The lowest BCUT2D eigenvalue weighted by Gasteiger charge is -2.23. The first-order valence-corrected chi connectivity index (χ1v) is 7.41. The maximum absolute atomic E-state index is 13.8. The van der Waals surface area contributed by atoms with Gasteiger partial charge in [-0.3, -0.25) is 0 Å². The molecule has 0 aliphatic heterocycles. The molecular weight excluding hydrogens is 292 g/mol. The largest absolute Gasteiger partial charge is 0.496 e. The fraction of sp³-hybridized carbons (Fsp3) is 0.250. The van der Waals surface area contributed by atoms with Crippen molar-refractivity contribution in [3.05, 3.63) is 59.7 Å². The summed E-state index contributed by atoms with van der Waals surface area (Å²) in [6, 6.07) is 10.8. The number of methoxy groups -OCH3 is 1. The summed E-state index contributed by atoms with van der Waals surface area (Å²) in [4.78, 5) is 0.365. The smallest absolute Gasteiger partial charge is 0.139 e. The number of thioether (sulfide) groups is 1. The molecule has 0 saturated carbocycles. The molecule has 21 heavy (non-hydrogen) atoms. The zero-order chi connectivity index (χ0) is 15.4. The molecule has 0 saturated heterocycles. The first kappa shape index (κ1) is 15.8. The van der Waals surface area contributed by atoms with Crippen molar-refractivity contribution in [3.63, 3.8) is 0 Å². The summed E-state index contributed by atoms with van der Waals surface area (Å²) in [5, 5.41) is -0.193. The molecule has 0 radical (unpaired) electrons. The predicted octanol–water partition coefficient (Wildman–Crippen LogP) is 4.15. The molecule has 2 nitrogen and oxygen atoms in total. The summed E-state index contributed by atoms with van der Waals surface area (Å²) in [6.07, 6.45) is 0. The summed E-state index contributed by atoms with van der Waals surface area (Å²) in [6.45, 7) is 1.85. The van der Waals surface area contributed by atoms with Crippen LogP contribution in [0.1, 0.15) is 17.7 Å². The fourth-order valence-electron chi connectivity index (χ4n) is 2.06. The van der Waals surface area contributed by atoms with E-state index in [1.54, 1.807) is 7.11 Å². The molecule has 0 aromatic heterocycles. The minimum Gasteiger partial charge on any atom is -0.496 e. The van der Waals surface area contributed by atoms with Gasteiger partial charge in [0.2, 0.25) is 0 Å². The molecule has 2 N–H and O–H groups in total. The van der Waals surface area contributed by atoms with Gasteiger partial charge in [-0.2, -0.15) is 0 Å². The Bertz CT molecular complexity index is 619. The van der Waals surface area contributed by atoms with Crippen LogP contribution in [0.3, 0.4) is 0 Å². The molecule has 0 aliphatic rings. The quantitative estimate of drug-likeness (QED) is 0.843. The Kier molecular flexibility index (Phi) is 5.20. The fourth-order valence-corrected chi connectivity index (χ4v) is 3.19. The monoisotopic (exact) mass is 309 g/mol. The summed E-state index contributed by atoms with van der Waals surface area (Å²) in [5.41, 5.74) is 6.94. The molecule has 112 valence electrons. The number of ether oxygens (including phenoxy) is 1. The van der Waals surface area contributed by atoms with Crippen LogP contribution in [0.25, 0.3) is 0 Å². The molecule has 2 unspecified atom stereocenters. The highest BCUT2D eigenvalue weighted by Gasteiger charge is 2.22. The van der Waals surface area contributed by atoms with Crippen molar-refractivity contribution in [1.82, 2.24) is 0 Å².